The molecule has 37 heavy (non-hydrogen) atoms. The minimum atomic E-state index is -4.41. The van der Waals surface area contributed by atoms with Crippen molar-refractivity contribution in [3.8, 4) is 5.75 Å². The molecule has 0 aromatic heterocycles. The van der Waals surface area contributed by atoms with E-state index in [2.05, 4.69) is 21.2 Å². The first-order valence-corrected chi connectivity index (χ1v) is 12.6. The molecule has 2 aliphatic rings. The molecule has 200 valence electrons. The fourth-order valence-corrected chi connectivity index (χ4v) is 4.75. The average Bonchev–Trinajstić information content (AvgIpc) is 3.28. The van der Waals surface area contributed by atoms with Crippen LogP contribution in [0.5, 0.6) is 5.75 Å². The van der Waals surface area contributed by atoms with Gasteiger partial charge in [0, 0.05) is 63.8 Å². The predicted octanol–water partition coefficient (Wildman–Crippen LogP) is 3.25. The van der Waals surface area contributed by atoms with Crippen LogP contribution in [0.3, 0.4) is 0 Å². The molecule has 0 unspecified atom stereocenters. The van der Waals surface area contributed by atoms with Gasteiger partial charge in [-0.05, 0) is 55.4 Å². The quantitative estimate of drug-likeness (QED) is 0.552. The van der Waals surface area contributed by atoms with Gasteiger partial charge in [-0.2, -0.15) is 13.2 Å². The van der Waals surface area contributed by atoms with Crippen LogP contribution in [0.2, 0.25) is 0 Å². The molecule has 2 saturated heterocycles. The van der Waals surface area contributed by atoms with Crippen molar-refractivity contribution in [3.63, 3.8) is 0 Å². The first-order chi connectivity index (χ1) is 17.7. The van der Waals surface area contributed by atoms with E-state index in [9.17, 15) is 22.8 Å². The van der Waals surface area contributed by atoms with Crippen molar-refractivity contribution in [2.45, 2.75) is 31.6 Å². The Kier molecular flexibility index (Phi) is 8.71. The van der Waals surface area contributed by atoms with Crippen molar-refractivity contribution in [3.05, 3.63) is 65.2 Å². The van der Waals surface area contributed by atoms with Crippen LogP contribution in [-0.2, 0) is 17.5 Å². The lowest BCUT2D eigenvalue weighted by Crippen LogP contribution is -2.49. The molecule has 1 N–H and O–H groups in total. The SMILES string of the molecule is CN(Cc1cccc(OCCN2CCN(C(=O)c3ccc(C(F)(F)F)cc3)CC2)c1)C[C@@H]1CCC(=O)N1. The molecule has 1 atom stereocenters. The van der Waals surface area contributed by atoms with Crippen LogP contribution in [0.4, 0.5) is 13.2 Å². The molecule has 0 saturated carbocycles. The number of amides is 2. The predicted molar refractivity (Wildman–Crippen MR) is 133 cm³/mol. The third kappa shape index (κ3) is 7.69. The number of rotatable bonds is 9. The van der Waals surface area contributed by atoms with E-state index in [1.54, 1.807) is 4.90 Å². The monoisotopic (exact) mass is 518 g/mol. The summed E-state index contributed by atoms with van der Waals surface area (Å²) in [6, 6.07) is 12.6. The van der Waals surface area contributed by atoms with E-state index in [1.807, 2.05) is 25.2 Å². The number of carbonyl (C=O) groups is 2. The molecule has 2 amide bonds. The second-order valence-corrected chi connectivity index (χ2v) is 9.70. The van der Waals surface area contributed by atoms with Gasteiger partial charge in [-0.25, -0.2) is 0 Å². The van der Waals surface area contributed by atoms with Crippen LogP contribution < -0.4 is 10.1 Å². The normalized spacial score (nSPS) is 18.8. The summed E-state index contributed by atoms with van der Waals surface area (Å²) in [6.07, 6.45) is -2.93. The van der Waals surface area contributed by atoms with Crippen LogP contribution in [0, 0.1) is 0 Å². The highest BCUT2D eigenvalue weighted by atomic mass is 19.4. The van der Waals surface area contributed by atoms with E-state index < -0.39 is 11.7 Å². The largest absolute Gasteiger partial charge is 0.492 e. The minimum absolute atomic E-state index is 0.126. The Morgan fingerprint density at radius 3 is 2.49 bits per heavy atom. The summed E-state index contributed by atoms with van der Waals surface area (Å²) in [7, 11) is 2.04. The van der Waals surface area contributed by atoms with Gasteiger partial charge >= 0.3 is 6.18 Å². The lowest BCUT2D eigenvalue weighted by molar-refractivity contribution is -0.137. The van der Waals surface area contributed by atoms with E-state index in [-0.39, 0.29) is 23.4 Å². The van der Waals surface area contributed by atoms with Crippen molar-refractivity contribution in [1.29, 1.82) is 0 Å². The Morgan fingerprint density at radius 1 is 1.11 bits per heavy atom. The molecule has 10 heteroatoms. The Bertz CT molecular complexity index is 1070. The van der Waals surface area contributed by atoms with Crippen molar-refractivity contribution in [2.24, 2.45) is 0 Å². The number of halogens is 3. The molecule has 2 aromatic rings. The number of nitrogens with zero attached hydrogens (tertiary/aromatic N) is 3. The number of hydrogen-bond donors (Lipinski definition) is 1. The molecular weight excluding hydrogens is 485 g/mol. The van der Waals surface area contributed by atoms with Crippen LogP contribution in [0.1, 0.15) is 34.3 Å². The maximum atomic E-state index is 12.8. The highest BCUT2D eigenvalue weighted by molar-refractivity contribution is 5.94. The lowest BCUT2D eigenvalue weighted by Gasteiger charge is -2.34. The van der Waals surface area contributed by atoms with Crippen molar-refractivity contribution in [2.75, 3.05) is 52.9 Å². The summed E-state index contributed by atoms with van der Waals surface area (Å²) in [4.78, 5) is 30.1. The summed E-state index contributed by atoms with van der Waals surface area (Å²) >= 11 is 0. The molecule has 0 spiro atoms. The smallest absolute Gasteiger partial charge is 0.416 e. The molecule has 0 aliphatic carbocycles. The molecule has 2 fully saturated rings. The lowest BCUT2D eigenvalue weighted by atomic mass is 10.1. The van der Waals surface area contributed by atoms with Crippen molar-refractivity contribution < 1.29 is 27.5 Å². The number of carbonyl (C=O) groups excluding carboxylic acids is 2. The Balaban J connectivity index is 1.17. The molecule has 7 nitrogen and oxygen atoms in total. The molecule has 2 aromatic carbocycles. The van der Waals surface area contributed by atoms with Gasteiger partial charge < -0.3 is 19.9 Å². The van der Waals surface area contributed by atoms with E-state index in [0.29, 0.717) is 45.8 Å². The van der Waals surface area contributed by atoms with Gasteiger partial charge in [0.25, 0.3) is 5.91 Å². The third-order valence-corrected chi connectivity index (χ3v) is 6.76. The highest BCUT2D eigenvalue weighted by Gasteiger charge is 2.31. The fraction of sp³-hybridized carbons (Fsp3) is 0.481. The molecular formula is C27H33F3N4O3. The second-order valence-electron chi connectivity index (χ2n) is 9.70. The van der Waals surface area contributed by atoms with Gasteiger partial charge in [-0.1, -0.05) is 12.1 Å². The maximum absolute atomic E-state index is 12.8. The number of ether oxygens (including phenoxy) is 1. The topological polar surface area (TPSA) is 65.1 Å². The second kappa shape index (κ2) is 12.0. The number of nitrogens with one attached hydrogen (secondary N) is 1. The maximum Gasteiger partial charge on any atom is 0.416 e. The molecule has 0 radical (unpaired) electrons. The first kappa shape index (κ1) is 26.9. The number of alkyl halides is 3. The average molecular weight is 519 g/mol. The first-order valence-electron chi connectivity index (χ1n) is 12.6. The molecule has 2 aliphatic heterocycles. The standard InChI is InChI=1S/C27H33F3N4O3/c1-32(19-23-9-10-25(35)31-23)18-20-3-2-4-24(17-20)37-16-15-33-11-13-34(14-12-33)26(36)21-5-7-22(8-6-21)27(28,29)30/h2-8,17,23H,9-16,18-19H2,1H3,(H,31,35)/t23-/m0/s1. The van der Waals surface area contributed by atoms with E-state index in [0.717, 1.165) is 43.0 Å². The zero-order chi connectivity index (χ0) is 26.4. The number of likely N-dealkylation sites (N-methyl/N-ethyl adjacent to an activating group) is 1. The summed E-state index contributed by atoms with van der Waals surface area (Å²) in [6.45, 7) is 5.19. The number of hydrogen-bond acceptors (Lipinski definition) is 5. The Morgan fingerprint density at radius 2 is 1.84 bits per heavy atom. The zero-order valence-electron chi connectivity index (χ0n) is 21.0. The summed E-state index contributed by atoms with van der Waals surface area (Å²) in [5.41, 5.74) is 0.647. The van der Waals surface area contributed by atoms with E-state index in [1.165, 1.54) is 12.1 Å². The minimum Gasteiger partial charge on any atom is -0.492 e. The zero-order valence-corrected chi connectivity index (χ0v) is 21.0. The van der Waals surface area contributed by atoms with Gasteiger partial charge in [-0.3, -0.25) is 14.5 Å². The number of piperazine rings is 1. The Hall–Kier alpha value is -3.11. The molecule has 4 rings (SSSR count). The molecule has 0 bridgehead atoms. The van der Waals surface area contributed by atoms with Crippen LogP contribution in [0.25, 0.3) is 0 Å². The van der Waals surface area contributed by atoms with E-state index >= 15 is 0 Å². The highest BCUT2D eigenvalue weighted by Crippen LogP contribution is 2.29. The van der Waals surface area contributed by atoms with Crippen molar-refractivity contribution in [1.82, 2.24) is 20.0 Å². The van der Waals surface area contributed by atoms with Gasteiger partial charge in [-0.15, -0.1) is 0 Å². The summed E-state index contributed by atoms with van der Waals surface area (Å²) in [5.74, 6) is 0.680. The van der Waals surface area contributed by atoms with Crippen LogP contribution in [-0.4, -0.2) is 85.5 Å². The summed E-state index contributed by atoms with van der Waals surface area (Å²) in [5, 5.41) is 3.00. The van der Waals surface area contributed by atoms with Gasteiger partial charge in [0.15, 0.2) is 0 Å². The number of benzene rings is 2. The molecule has 2 heterocycles. The van der Waals surface area contributed by atoms with Gasteiger partial charge in [0.2, 0.25) is 5.91 Å². The van der Waals surface area contributed by atoms with Crippen molar-refractivity contribution >= 4 is 11.8 Å². The van der Waals surface area contributed by atoms with Crippen LogP contribution in [0.15, 0.2) is 48.5 Å². The van der Waals surface area contributed by atoms with Gasteiger partial charge in [0.05, 0.1) is 5.56 Å². The summed E-state index contributed by atoms with van der Waals surface area (Å²) < 4.78 is 44.2. The van der Waals surface area contributed by atoms with Gasteiger partial charge in [0.1, 0.15) is 12.4 Å². The van der Waals surface area contributed by atoms with Crippen LogP contribution >= 0.6 is 0 Å². The fourth-order valence-electron chi connectivity index (χ4n) is 4.75. The van der Waals surface area contributed by atoms with E-state index in [4.69, 9.17) is 4.74 Å². The third-order valence-electron chi connectivity index (χ3n) is 6.76. The Labute approximate surface area is 215 Å².